The van der Waals surface area contributed by atoms with Crippen molar-refractivity contribution < 1.29 is 18.3 Å². The smallest absolute Gasteiger partial charge is 0.266 e. The highest BCUT2D eigenvalue weighted by Gasteiger charge is 2.26. The highest BCUT2D eigenvalue weighted by molar-refractivity contribution is 7.22. The van der Waals surface area contributed by atoms with Crippen LogP contribution in [0, 0.1) is 11.6 Å². The third kappa shape index (κ3) is 4.57. The highest BCUT2D eigenvalue weighted by Crippen LogP contribution is 2.32. The molecule has 0 saturated heterocycles. The summed E-state index contributed by atoms with van der Waals surface area (Å²) in [5, 5.41) is 0.382. The Morgan fingerprint density at radius 1 is 1.14 bits per heavy atom. The summed E-state index contributed by atoms with van der Waals surface area (Å²) < 4.78 is 34.3. The van der Waals surface area contributed by atoms with E-state index in [0.717, 1.165) is 16.8 Å². The second-order valence-corrected chi connectivity index (χ2v) is 7.20. The highest BCUT2D eigenvalue weighted by atomic mass is 35.5. The first-order valence-electron chi connectivity index (χ1n) is 8.26. The predicted molar refractivity (Wildman–Crippen MR) is 110 cm³/mol. The molecule has 28 heavy (non-hydrogen) atoms. The zero-order chi connectivity index (χ0) is 19.6. The van der Waals surface area contributed by atoms with Crippen molar-refractivity contribution in [2.45, 2.75) is 0 Å². The first kappa shape index (κ1) is 22.0. The molecule has 150 valence electrons. The molecule has 9 heteroatoms. The van der Waals surface area contributed by atoms with Gasteiger partial charge in [-0.3, -0.25) is 9.69 Å². The van der Waals surface area contributed by atoms with Gasteiger partial charge in [0.1, 0.15) is 22.9 Å². The average Bonchev–Trinajstić information content (AvgIpc) is 3.04. The van der Waals surface area contributed by atoms with Crippen LogP contribution in [0.3, 0.4) is 0 Å². The maximum atomic E-state index is 14.1. The summed E-state index contributed by atoms with van der Waals surface area (Å²) in [4.78, 5) is 20.7. The van der Waals surface area contributed by atoms with Crippen molar-refractivity contribution in [1.82, 2.24) is 9.88 Å². The van der Waals surface area contributed by atoms with E-state index in [4.69, 9.17) is 4.74 Å². The quantitative estimate of drug-likeness (QED) is 0.591. The third-order valence-electron chi connectivity index (χ3n) is 4.01. The number of carbonyl (C=O) groups is 1. The lowest BCUT2D eigenvalue weighted by molar-refractivity contribution is 0.0977. The van der Waals surface area contributed by atoms with Crippen molar-refractivity contribution in [1.29, 1.82) is 0 Å². The van der Waals surface area contributed by atoms with Gasteiger partial charge in [0.25, 0.3) is 5.91 Å². The van der Waals surface area contributed by atoms with Crippen LogP contribution >= 0.6 is 23.7 Å². The van der Waals surface area contributed by atoms with E-state index in [0.29, 0.717) is 22.9 Å². The lowest BCUT2D eigenvalue weighted by atomic mass is 10.1. The third-order valence-corrected chi connectivity index (χ3v) is 5.07. The van der Waals surface area contributed by atoms with E-state index in [1.807, 2.05) is 25.1 Å². The number of thiazole rings is 1. The number of methoxy groups -OCH3 is 1. The monoisotopic (exact) mass is 427 g/mol. The van der Waals surface area contributed by atoms with Crippen LogP contribution in [0.1, 0.15) is 10.4 Å². The van der Waals surface area contributed by atoms with E-state index in [-0.39, 0.29) is 19.0 Å². The first-order chi connectivity index (χ1) is 12.9. The van der Waals surface area contributed by atoms with Gasteiger partial charge in [0.15, 0.2) is 5.13 Å². The van der Waals surface area contributed by atoms with E-state index in [1.165, 1.54) is 22.3 Å². The van der Waals surface area contributed by atoms with Crippen LogP contribution in [0.2, 0.25) is 0 Å². The van der Waals surface area contributed by atoms with Crippen molar-refractivity contribution in [3.05, 3.63) is 53.6 Å². The van der Waals surface area contributed by atoms with Gasteiger partial charge in [0.05, 0.1) is 17.3 Å². The zero-order valence-electron chi connectivity index (χ0n) is 15.6. The molecule has 0 fully saturated rings. The number of aromatic nitrogens is 1. The molecule has 1 amide bonds. The van der Waals surface area contributed by atoms with Gasteiger partial charge < -0.3 is 9.64 Å². The predicted octanol–water partition coefficient (Wildman–Crippen LogP) is 4.21. The average molecular weight is 428 g/mol. The number of hydrogen-bond donors (Lipinski definition) is 0. The van der Waals surface area contributed by atoms with Crippen LogP contribution in [-0.4, -0.2) is 50.1 Å². The summed E-state index contributed by atoms with van der Waals surface area (Å²) in [7, 11) is 5.27. The lowest BCUT2D eigenvalue weighted by Crippen LogP contribution is -2.37. The number of benzene rings is 2. The molecule has 0 radical (unpaired) electrons. The molecule has 0 unspecified atom stereocenters. The Hall–Kier alpha value is -2.29. The molecule has 1 heterocycles. The van der Waals surface area contributed by atoms with Gasteiger partial charge in [-0.25, -0.2) is 13.8 Å². The van der Waals surface area contributed by atoms with E-state index in [1.54, 1.807) is 19.2 Å². The molecule has 5 nitrogen and oxygen atoms in total. The summed E-state index contributed by atoms with van der Waals surface area (Å²) in [5.41, 5.74) is 0.0825. The maximum absolute atomic E-state index is 14.1. The van der Waals surface area contributed by atoms with Gasteiger partial charge in [-0.2, -0.15) is 0 Å². The Balaban J connectivity index is 0.00000280. The summed E-state index contributed by atoms with van der Waals surface area (Å²) in [6.07, 6.45) is 0. The minimum absolute atomic E-state index is 0. The van der Waals surface area contributed by atoms with E-state index < -0.39 is 23.1 Å². The zero-order valence-corrected chi connectivity index (χ0v) is 17.2. The fourth-order valence-electron chi connectivity index (χ4n) is 2.56. The van der Waals surface area contributed by atoms with Crippen LogP contribution in [-0.2, 0) is 0 Å². The Morgan fingerprint density at radius 3 is 2.43 bits per heavy atom. The Kier molecular flexibility index (Phi) is 7.29. The van der Waals surface area contributed by atoms with Gasteiger partial charge in [-0.1, -0.05) is 17.4 Å². The number of rotatable bonds is 6. The normalized spacial score (nSPS) is 10.8. The molecule has 0 atom stereocenters. The van der Waals surface area contributed by atoms with Crippen LogP contribution in [0.5, 0.6) is 5.75 Å². The SMILES string of the molecule is COc1ccc2sc(N(CCN(C)C)C(=O)c3c(F)cccc3F)nc2c1.Cl. The van der Waals surface area contributed by atoms with E-state index in [2.05, 4.69) is 4.98 Å². The van der Waals surface area contributed by atoms with Crippen molar-refractivity contribution in [2.75, 3.05) is 39.2 Å². The van der Waals surface area contributed by atoms with Crippen molar-refractivity contribution in [2.24, 2.45) is 0 Å². The number of halogens is 3. The lowest BCUT2D eigenvalue weighted by Gasteiger charge is -2.22. The van der Waals surface area contributed by atoms with E-state index in [9.17, 15) is 13.6 Å². The maximum Gasteiger partial charge on any atom is 0.266 e. The summed E-state index contributed by atoms with van der Waals surface area (Å²) in [6.45, 7) is 0.762. The van der Waals surface area contributed by atoms with Gasteiger partial charge in [0, 0.05) is 19.2 Å². The van der Waals surface area contributed by atoms with Gasteiger partial charge in [0.2, 0.25) is 0 Å². The first-order valence-corrected chi connectivity index (χ1v) is 9.07. The molecule has 0 spiro atoms. The Morgan fingerprint density at radius 2 is 1.82 bits per heavy atom. The van der Waals surface area contributed by atoms with Crippen LogP contribution < -0.4 is 9.64 Å². The van der Waals surface area contributed by atoms with Crippen LogP contribution in [0.15, 0.2) is 36.4 Å². The van der Waals surface area contributed by atoms with Crippen LogP contribution in [0.4, 0.5) is 13.9 Å². The summed E-state index contributed by atoms with van der Waals surface area (Å²) >= 11 is 1.29. The number of amides is 1. The van der Waals surface area contributed by atoms with Gasteiger partial charge in [-0.15, -0.1) is 12.4 Å². The molecule has 0 aliphatic heterocycles. The fraction of sp³-hybridized carbons (Fsp3) is 0.263. The summed E-state index contributed by atoms with van der Waals surface area (Å²) in [6, 6.07) is 8.77. The number of ether oxygens (including phenoxy) is 1. The number of nitrogens with zero attached hydrogens (tertiary/aromatic N) is 3. The van der Waals surface area contributed by atoms with Crippen molar-refractivity contribution >= 4 is 45.0 Å². The largest absolute Gasteiger partial charge is 0.497 e. The number of fused-ring (bicyclic) bond motifs is 1. The molecule has 0 saturated carbocycles. The molecule has 2 aromatic carbocycles. The molecule has 0 N–H and O–H groups in total. The second-order valence-electron chi connectivity index (χ2n) is 6.19. The topological polar surface area (TPSA) is 45.7 Å². The molecule has 3 aromatic rings. The number of hydrogen-bond acceptors (Lipinski definition) is 5. The molecule has 0 bridgehead atoms. The molecule has 0 aliphatic carbocycles. The van der Waals surface area contributed by atoms with Crippen LogP contribution in [0.25, 0.3) is 10.2 Å². The van der Waals surface area contributed by atoms with Crippen molar-refractivity contribution in [3.63, 3.8) is 0 Å². The molecule has 1 aromatic heterocycles. The number of anilines is 1. The minimum atomic E-state index is -0.891. The van der Waals surface area contributed by atoms with Crippen molar-refractivity contribution in [3.8, 4) is 5.75 Å². The second kappa shape index (κ2) is 9.27. The number of likely N-dealkylation sites (N-methyl/N-ethyl adjacent to an activating group) is 1. The fourth-order valence-corrected chi connectivity index (χ4v) is 3.53. The summed E-state index contributed by atoms with van der Waals surface area (Å²) in [5.74, 6) is -1.89. The van der Waals surface area contributed by atoms with Gasteiger partial charge >= 0.3 is 0 Å². The Bertz CT molecular complexity index is 961. The van der Waals surface area contributed by atoms with Gasteiger partial charge in [-0.05, 0) is 38.4 Å². The molecule has 3 rings (SSSR count). The molecular weight excluding hydrogens is 408 g/mol. The van der Waals surface area contributed by atoms with E-state index >= 15 is 0 Å². The minimum Gasteiger partial charge on any atom is -0.497 e. The number of carbonyl (C=O) groups excluding carboxylic acids is 1. The standard InChI is InChI=1S/C19H19F2N3O2S.ClH/c1-23(2)9-10-24(18(25)17-13(20)5-4-6-14(17)21)19-22-15-11-12(26-3)7-8-16(15)27-19;/h4-8,11H,9-10H2,1-3H3;1H. The molecular formula is C19H20ClF2N3O2S. The Labute approximate surface area is 171 Å². The molecule has 0 aliphatic rings.